The second kappa shape index (κ2) is 5.77. The average molecular weight is 337 g/mol. The Labute approximate surface area is 120 Å². The van der Waals surface area contributed by atoms with E-state index in [4.69, 9.17) is 5.26 Å². The van der Waals surface area contributed by atoms with Gasteiger partial charge >= 0.3 is 0 Å². The Morgan fingerprint density at radius 1 is 1.37 bits per heavy atom. The summed E-state index contributed by atoms with van der Waals surface area (Å²) in [7, 11) is 0. The van der Waals surface area contributed by atoms with Crippen LogP contribution < -0.4 is 0 Å². The molecule has 2 aromatic rings. The standard InChI is InChI=1S/C11H5BrN4O2S/c12-7-1-2-10(9(3-7)16(17)18)19-11-6-14-8(4-13)5-15-11/h1-3,5-6H. The SMILES string of the molecule is N#Cc1cnc(Sc2ccc(Br)cc2[N+](=O)[O-])cn1. The van der Waals surface area contributed by atoms with Gasteiger partial charge in [-0.2, -0.15) is 5.26 Å². The molecule has 0 bridgehead atoms. The Morgan fingerprint density at radius 3 is 2.74 bits per heavy atom. The molecule has 19 heavy (non-hydrogen) atoms. The molecule has 94 valence electrons. The molecule has 8 heteroatoms. The van der Waals surface area contributed by atoms with E-state index in [0.717, 1.165) is 11.8 Å². The topological polar surface area (TPSA) is 92.7 Å². The zero-order valence-electron chi connectivity index (χ0n) is 9.28. The zero-order chi connectivity index (χ0) is 13.8. The highest BCUT2D eigenvalue weighted by Gasteiger charge is 2.15. The van der Waals surface area contributed by atoms with Crippen LogP contribution in [0.15, 0.2) is 45.0 Å². The molecular weight excluding hydrogens is 332 g/mol. The summed E-state index contributed by atoms with van der Waals surface area (Å²) in [5, 5.41) is 20.1. The van der Waals surface area contributed by atoms with Gasteiger partial charge in [0.15, 0.2) is 5.69 Å². The molecule has 0 amide bonds. The van der Waals surface area contributed by atoms with E-state index >= 15 is 0 Å². The van der Waals surface area contributed by atoms with Gasteiger partial charge in [0.05, 0.1) is 22.2 Å². The number of rotatable bonds is 3. The molecule has 0 spiro atoms. The third kappa shape index (κ3) is 3.27. The van der Waals surface area contributed by atoms with Gasteiger partial charge < -0.3 is 0 Å². The van der Waals surface area contributed by atoms with Crippen LogP contribution in [-0.2, 0) is 0 Å². The van der Waals surface area contributed by atoms with Gasteiger partial charge in [-0.25, -0.2) is 9.97 Å². The first kappa shape index (κ1) is 13.5. The second-order valence-corrected chi connectivity index (χ2v) is 5.30. The highest BCUT2D eigenvalue weighted by Crippen LogP contribution is 2.35. The van der Waals surface area contributed by atoms with Crippen molar-refractivity contribution in [1.82, 2.24) is 9.97 Å². The molecule has 0 aliphatic heterocycles. The second-order valence-electron chi connectivity index (χ2n) is 3.32. The van der Waals surface area contributed by atoms with Gasteiger partial charge in [-0.05, 0) is 12.1 Å². The summed E-state index contributed by atoms with van der Waals surface area (Å²) in [5.41, 5.74) is 0.195. The van der Waals surface area contributed by atoms with Crippen molar-refractivity contribution in [1.29, 1.82) is 5.26 Å². The van der Waals surface area contributed by atoms with E-state index in [1.165, 1.54) is 18.5 Å². The summed E-state index contributed by atoms with van der Waals surface area (Å²) < 4.78 is 0.634. The van der Waals surface area contributed by atoms with Crippen LogP contribution in [-0.4, -0.2) is 14.9 Å². The van der Waals surface area contributed by atoms with Crippen LogP contribution in [0.25, 0.3) is 0 Å². The van der Waals surface area contributed by atoms with E-state index in [1.54, 1.807) is 12.1 Å². The number of benzene rings is 1. The van der Waals surface area contributed by atoms with Crippen LogP contribution in [0.5, 0.6) is 0 Å². The maximum Gasteiger partial charge on any atom is 0.284 e. The lowest BCUT2D eigenvalue weighted by Crippen LogP contribution is -1.92. The van der Waals surface area contributed by atoms with E-state index in [0.29, 0.717) is 14.4 Å². The molecule has 1 aromatic heterocycles. The zero-order valence-corrected chi connectivity index (χ0v) is 11.7. The fraction of sp³-hybridized carbons (Fsp3) is 0. The van der Waals surface area contributed by atoms with E-state index in [-0.39, 0.29) is 11.4 Å². The normalized spacial score (nSPS) is 9.89. The number of hydrogen-bond donors (Lipinski definition) is 0. The van der Waals surface area contributed by atoms with E-state index in [2.05, 4.69) is 25.9 Å². The van der Waals surface area contributed by atoms with Crippen LogP contribution in [0.2, 0.25) is 0 Å². The summed E-state index contributed by atoms with van der Waals surface area (Å²) in [4.78, 5) is 18.8. The first-order valence-electron chi connectivity index (χ1n) is 4.94. The van der Waals surface area contributed by atoms with Crippen molar-refractivity contribution in [2.45, 2.75) is 9.92 Å². The minimum Gasteiger partial charge on any atom is -0.258 e. The first-order valence-corrected chi connectivity index (χ1v) is 6.55. The van der Waals surface area contributed by atoms with Gasteiger partial charge in [0.1, 0.15) is 11.1 Å². The third-order valence-corrected chi connectivity index (χ3v) is 3.55. The predicted molar refractivity (Wildman–Crippen MR) is 71.7 cm³/mol. The lowest BCUT2D eigenvalue weighted by atomic mass is 10.3. The molecule has 0 unspecified atom stereocenters. The number of halogens is 1. The molecule has 1 aromatic carbocycles. The minimum absolute atomic E-state index is 0.00876. The molecule has 0 N–H and O–H groups in total. The number of aromatic nitrogens is 2. The summed E-state index contributed by atoms with van der Waals surface area (Å²) in [6.45, 7) is 0. The third-order valence-electron chi connectivity index (χ3n) is 2.07. The molecule has 0 aliphatic rings. The summed E-state index contributed by atoms with van der Waals surface area (Å²) in [6, 6.07) is 6.63. The van der Waals surface area contributed by atoms with Crippen molar-refractivity contribution < 1.29 is 4.92 Å². The Balaban J connectivity index is 2.32. The van der Waals surface area contributed by atoms with Gasteiger partial charge in [0.25, 0.3) is 5.69 Å². The molecule has 0 atom stereocenters. The highest BCUT2D eigenvalue weighted by atomic mass is 79.9. The molecule has 0 aliphatic carbocycles. The Morgan fingerprint density at radius 2 is 2.16 bits per heavy atom. The number of nitro benzene ring substituents is 1. The van der Waals surface area contributed by atoms with Gasteiger partial charge in [0.2, 0.25) is 0 Å². The van der Waals surface area contributed by atoms with Gasteiger partial charge in [-0.1, -0.05) is 27.7 Å². The summed E-state index contributed by atoms with van der Waals surface area (Å²) in [6.07, 6.45) is 2.74. The monoisotopic (exact) mass is 336 g/mol. The average Bonchev–Trinajstić information content (AvgIpc) is 2.41. The van der Waals surface area contributed by atoms with Crippen LogP contribution >= 0.6 is 27.7 Å². The number of hydrogen-bond acceptors (Lipinski definition) is 6. The smallest absolute Gasteiger partial charge is 0.258 e. The number of nitrogens with zero attached hydrogens (tertiary/aromatic N) is 4. The van der Waals surface area contributed by atoms with Crippen LogP contribution in [0.3, 0.4) is 0 Å². The number of nitriles is 1. The van der Waals surface area contributed by atoms with Crippen molar-refractivity contribution in [3.05, 3.63) is 50.9 Å². The molecule has 0 saturated heterocycles. The van der Waals surface area contributed by atoms with Crippen molar-refractivity contribution in [2.24, 2.45) is 0 Å². The maximum atomic E-state index is 11.0. The lowest BCUT2D eigenvalue weighted by molar-refractivity contribution is -0.387. The van der Waals surface area contributed by atoms with E-state index in [1.807, 2.05) is 6.07 Å². The molecule has 0 fully saturated rings. The van der Waals surface area contributed by atoms with Crippen molar-refractivity contribution >= 4 is 33.4 Å². The largest absolute Gasteiger partial charge is 0.284 e. The van der Waals surface area contributed by atoms with Crippen LogP contribution in [0, 0.1) is 21.4 Å². The molecule has 0 radical (unpaired) electrons. The van der Waals surface area contributed by atoms with Gasteiger partial charge in [-0.3, -0.25) is 10.1 Å². The van der Waals surface area contributed by atoms with E-state index in [9.17, 15) is 10.1 Å². The molecule has 0 saturated carbocycles. The van der Waals surface area contributed by atoms with Gasteiger partial charge in [-0.15, -0.1) is 0 Å². The lowest BCUT2D eigenvalue weighted by Gasteiger charge is -2.02. The predicted octanol–water partition coefficient (Wildman–Crippen LogP) is 3.17. The molecule has 1 heterocycles. The summed E-state index contributed by atoms with van der Waals surface area (Å²) in [5.74, 6) is 0. The molecule has 6 nitrogen and oxygen atoms in total. The molecular formula is C11H5BrN4O2S. The van der Waals surface area contributed by atoms with Crippen LogP contribution in [0.4, 0.5) is 5.69 Å². The van der Waals surface area contributed by atoms with Crippen molar-refractivity contribution in [3.63, 3.8) is 0 Å². The Hall–Kier alpha value is -1.98. The summed E-state index contributed by atoms with van der Waals surface area (Å²) >= 11 is 4.32. The fourth-order valence-corrected chi connectivity index (χ4v) is 2.42. The fourth-order valence-electron chi connectivity index (χ4n) is 1.26. The van der Waals surface area contributed by atoms with Crippen molar-refractivity contribution in [3.8, 4) is 6.07 Å². The maximum absolute atomic E-state index is 11.0. The minimum atomic E-state index is -0.454. The van der Waals surface area contributed by atoms with Crippen LogP contribution in [0.1, 0.15) is 5.69 Å². The van der Waals surface area contributed by atoms with Gasteiger partial charge in [0, 0.05) is 10.5 Å². The highest BCUT2D eigenvalue weighted by molar-refractivity contribution is 9.10. The quantitative estimate of drug-likeness (QED) is 0.631. The van der Waals surface area contributed by atoms with Crippen molar-refractivity contribution in [2.75, 3.05) is 0 Å². The Bertz CT molecular complexity index is 669. The van der Waals surface area contributed by atoms with E-state index < -0.39 is 4.92 Å². The first-order chi connectivity index (χ1) is 9.10. The number of nitro groups is 1. The Kier molecular flexibility index (Phi) is 4.09. The molecule has 2 rings (SSSR count).